The second-order valence-electron chi connectivity index (χ2n) is 7.62. The molecule has 174 valence electrons. The van der Waals surface area contributed by atoms with Crippen molar-refractivity contribution in [1.82, 2.24) is 14.8 Å². The number of amides is 1. The first-order valence-electron chi connectivity index (χ1n) is 10.4. The van der Waals surface area contributed by atoms with Crippen molar-refractivity contribution in [3.05, 3.63) is 81.8 Å². The van der Waals surface area contributed by atoms with Gasteiger partial charge in [-0.3, -0.25) is 9.36 Å². The first kappa shape index (κ1) is 24.2. The number of hydrogen-bond acceptors (Lipinski definition) is 5. The first-order chi connectivity index (χ1) is 16.4. The Morgan fingerprint density at radius 3 is 2.71 bits per heavy atom. The molecule has 0 aliphatic carbocycles. The number of anilines is 1. The van der Waals surface area contributed by atoms with Gasteiger partial charge in [-0.1, -0.05) is 59.3 Å². The van der Waals surface area contributed by atoms with Gasteiger partial charge < -0.3 is 5.32 Å². The molecule has 0 atom stereocenters. The molecule has 0 radical (unpaired) electrons. The molecule has 34 heavy (non-hydrogen) atoms. The number of aryl methyl sites for hydroxylation is 2. The lowest BCUT2D eigenvalue weighted by molar-refractivity contribution is -0.113. The van der Waals surface area contributed by atoms with Crippen LogP contribution in [0.2, 0.25) is 5.02 Å². The summed E-state index contributed by atoms with van der Waals surface area (Å²) in [5.74, 6) is 0.0486. The first-order valence-corrected chi connectivity index (χ1v) is 12.7. The molecular formula is C25H22ClFN4OS2. The van der Waals surface area contributed by atoms with Crippen molar-refractivity contribution >= 4 is 46.3 Å². The predicted molar refractivity (Wildman–Crippen MR) is 139 cm³/mol. The van der Waals surface area contributed by atoms with Crippen molar-refractivity contribution in [2.45, 2.75) is 25.5 Å². The van der Waals surface area contributed by atoms with Crippen molar-refractivity contribution in [1.29, 1.82) is 0 Å². The molecule has 0 saturated heterocycles. The van der Waals surface area contributed by atoms with E-state index in [9.17, 15) is 9.18 Å². The second-order valence-corrected chi connectivity index (χ2v) is 10.1. The molecule has 0 aliphatic heterocycles. The average Bonchev–Trinajstić information content (AvgIpc) is 3.39. The molecule has 2 aromatic heterocycles. The van der Waals surface area contributed by atoms with Crippen LogP contribution in [0.15, 0.2) is 65.7 Å². The van der Waals surface area contributed by atoms with Crippen molar-refractivity contribution in [2.75, 3.05) is 11.1 Å². The number of carbonyl (C=O) groups is 1. The predicted octanol–water partition coefficient (Wildman–Crippen LogP) is 7.00. The Kier molecular flexibility index (Phi) is 7.50. The summed E-state index contributed by atoms with van der Waals surface area (Å²) in [6, 6.07) is 12.5. The number of thioether (sulfide) groups is 1. The molecule has 1 N–H and O–H groups in total. The van der Waals surface area contributed by atoms with E-state index in [-0.39, 0.29) is 16.7 Å². The third-order valence-electron chi connectivity index (χ3n) is 5.12. The van der Waals surface area contributed by atoms with Crippen molar-refractivity contribution in [3.63, 3.8) is 0 Å². The highest BCUT2D eigenvalue weighted by Gasteiger charge is 2.20. The van der Waals surface area contributed by atoms with E-state index < -0.39 is 5.82 Å². The van der Waals surface area contributed by atoms with Crippen molar-refractivity contribution < 1.29 is 9.18 Å². The van der Waals surface area contributed by atoms with Crippen LogP contribution >= 0.6 is 34.7 Å². The van der Waals surface area contributed by atoms with E-state index in [0.29, 0.717) is 17.4 Å². The van der Waals surface area contributed by atoms with Gasteiger partial charge in [0.2, 0.25) is 5.91 Å². The van der Waals surface area contributed by atoms with Crippen LogP contribution in [0.4, 0.5) is 10.1 Å². The molecule has 5 nitrogen and oxygen atoms in total. The number of nitrogens with zero attached hydrogens (tertiary/aromatic N) is 3. The zero-order valence-corrected chi connectivity index (χ0v) is 21.0. The van der Waals surface area contributed by atoms with Gasteiger partial charge in [0, 0.05) is 33.6 Å². The lowest BCUT2D eigenvalue weighted by Crippen LogP contribution is -2.14. The zero-order chi connectivity index (χ0) is 24.2. The molecule has 2 aromatic carbocycles. The minimum atomic E-state index is -0.534. The highest BCUT2D eigenvalue weighted by atomic mass is 35.5. The van der Waals surface area contributed by atoms with E-state index in [1.807, 2.05) is 4.57 Å². The molecule has 4 aromatic rings. The van der Waals surface area contributed by atoms with Gasteiger partial charge in [0.05, 0.1) is 10.8 Å². The Hall–Kier alpha value is -2.94. The third-order valence-corrected chi connectivity index (χ3v) is 7.29. The van der Waals surface area contributed by atoms with E-state index >= 15 is 0 Å². The summed E-state index contributed by atoms with van der Waals surface area (Å²) in [7, 11) is 0. The number of benzene rings is 2. The maximum Gasteiger partial charge on any atom is 0.234 e. The molecule has 1 amide bonds. The fraction of sp³-hybridized carbons (Fsp3) is 0.160. The van der Waals surface area contributed by atoms with Crippen molar-refractivity contribution in [2.24, 2.45) is 0 Å². The Morgan fingerprint density at radius 2 is 2.00 bits per heavy atom. The normalized spacial score (nSPS) is 10.9. The molecular weight excluding hydrogens is 491 g/mol. The topological polar surface area (TPSA) is 59.8 Å². The van der Waals surface area contributed by atoms with Gasteiger partial charge in [-0.2, -0.15) is 0 Å². The molecule has 4 rings (SSSR count). The molecule has 0 bridgehead atoms. The lowest BCUT2D eigenvalue weighted by atomic mass is 10.0. The number of hydrogen-bond donors (Lipinski definition) is 1. The van der Waals surface area contributed by atoms with E-state index in [4.69, 9.17) is 11.6 Å². The van der Waals surface area contributed by atoms with Gasteiger partial charge in [0.15, 0.2) is 11.0 Å². The van der Waals surface area contributed by atoms with Crippen LogP contribution in [0.3, 0.4) is 0 Å². The fourth-order valence-electron chi connectivity index (χ4n) is 3.49. The van der Waals surface area contributed by atoms with Gasteiger partial charge in [0.25, 0.3) is 0 Å². The Labute approximate surface area is 210 Å². The molecule has 0 unspecified atom stereocenters. The quantitative estimate of drug-likeness (QED) is 0.204. The Balaban J connectivity index is 1.57. The van der Waals surface area contributed by atoms with Gasteiger partial charge in [-0.15, -0.1) is 28.1 Å². The smallest absolute Gasteiger partial charge is 0.234 e. The Bertz CT molecular complexity index is 1350. The van der Waals surface area contributed by atoms with Gasteiger partial charge >= 0.3 is 0 Å². The molecule has 0 fully saturated rings. The van der Waals surface area contributed by atoms with Crippen LogP contribution in [-0.2, 0) is 11.3 Å². The maximum absolute atomic E-state index is 13.3. The molecule has 9 heteroatoms. The van der Waals surface area contributed by atoms with Crippen LogP contribution in [-0.4, -0.2) is 26.4 Å². The third kappa shape index (κ3) is 5.24. The van der Waals surface area contributed by atoms with Gasteiger partial charge in [-0.25, -0.2) is 4.39 Å². The van der Waals surface area contributed by atoms with E-state index in [0.717, 1.165) is 22.5 Å². The summed E-state index contributed by atoms with van der Waals surface area (Å²) in [5.41, 5.74) is 4.89. The minimum absolute atomic E-state index is 0.0451. The molecule has 0 saturated carbocycles. The van der Waals surface area contributed by atoms with Gasteiger partial charge in [-0.05, 0) is 37.6 Å². The summed E-state index contributed by atoms with van der Waals surface area (Å²) in [5, 5.41) is 14.2. The summed E-state index contributed by atoms with van der Waals surface area (Å²) < 4.78 is 15.3. The number of allylic oxidation sites excluding steroid dienone is 1. The van der Waals surface area contributed by atoms with Gasteiger partial charge in [0.1, 0.15) is 5.82 Å². The number of carbonyl (C=O) groups excluding carboxylic acids is 1. The maximum atomic E-state index is 13.3. The SMILES string of the molecule is C=CCn1c(SCC(=O)Nc2ccc(F)c(Cl)c2)nnc1-c1csc(C)c1-c1ccc(C)cc1. The molecule has 0 aliphatic rings. The van der Waals surface area contributed by atoms with Crippen LogP contribution in [0.5, 0.6) is 0 Å². The number of nitrogens with one attached hydrogen (secondary N) is 1. The lowest BCUT2D eigenvalue weighted by Gasteiger charge is -2.10. The number of thiophene rings is 1. The van der Waals surface area contributed by atoms with Crippen LogP contribution in [0.25, 0.3) is 22.5 Å². The van der Waals surface area contributed by atoms with E-state index in [1.54, 1.807) is 17.4 Å². The van der Waals surface area contributed by atoms with Crippen LogP contribution in [0.1, 0.15) is 10.4 Å². The summed E-state index contributed by atoms with van der Waals surface area (Å²) in [6.45, 7) is 8.53. The molecule has 2 heterocycles. The van der Waals surface area contributed by atoms with E-state index in [2.05, 4.69) is 65.6 Å². The van der Waals surface area contributed by atoms with Crippen LogP contribution < -0.4 is 5.32 Å². The van der Waals surface area contributed by atoms with Crippen molar-refractivity contribution in [3.8, 4) is 22.5 Å². The highest BCUT2D eigenvalue weighted by Crippen LogP contribution is 2.39. The standard InChI is InChI=1S/C25H22ClFN4OS2/c1-4-11-31-24(19-13-33-16(3)23(19)17-7-5-15(2)6-8-17)29-30-25(31)34-14-22(32)28-18-9-10-21(27)20(26)12-18/h4-10,12-13H,1,11,14H2,2-3H3,(H,28,32). The summed E-state index contributed by atoms with van der Waals surface area (Å²) in [4.78, 5) is 13.6. The number of rotatable bonds is 8. The number of aromatic nitrogens is 3. The Morgan fingerprint density at radius 1 is 1.24 bits per heavy atom. The molecule has 0 spiro atoms. The highest BCUT2D eigenvalue weighted by molar-refractivity contribution is 7.99. The van der Waals surface area contributed by atoms with E-state index in [1.165, 1.54) is 40.4 Å². The largest absolute Gasteiger partial charge is 0.325 e. The second kappa shape index (κ2) is 10.5. The minimum Gasteiger partial charge on any atom is -0.325 e. The fourth-order valence-corrected chi connectivity index (χ4v) is 5.28. The zero-order valence-electron chi connectivity index (χ0n) is 18.6. The average molecular weight is 513 g/mol. The monoisotopic (exact) mass is 512 g/mol. The number of halogens is 2. The summed E-state index contributed by atoms with van der Waals surface area (Å²) in [6.07, 6.45) is 1.78. The van der Waals surface area contributed by atoms with Crippen LogP contribution in [0, 0.1) is 19.7 Å². The summed E-state index contributed by atoms with van der Waals surface area (Å²) >= 11 is 8.73.